The minimum atomic E-state index is -0.658. The maximum atomic E-state index is 11.7. The zero-order chi connectivity index (χ0) is 26.1. The van der Waals surface area contributed by atoms with E-state index < -0.39 is 12.2 Å². The molecule has 36 heavy (non-hydrogen) atoms. The summed E-state index contributed by atoms with van der Waals surface area (Å²) in [6.07, 6.45) is 11.5. The van der Waals surface area contributed by atoms with Crippen LogP contribution in [0.1, 0.15) is 78.6 Å². The number of methoxy groups -OCH3 is 1. The normalized spacial score (nSPS) is 40.4. The highest BCUT2D eigenvalue weighted by Gasteiger charge is 2.60. The first-order chi connectivity index (χ1) is 17.2. The van der Waals surface area contributed by atoms with E-state index in [1.165, 1.54) is 31.1 Å². The maximum absolute atomic E-state index is 11.7. The third-order valence-electron chi connectivity index (χ3n) is 10.7. The van der Waals surface area contributed by atoms with E-state index in [1.807, 2.05) is 0 Å². The van der Waals surface area contributed by atoms with Crippen LogP contribution in [0.25, 0.3) is 0 Å². The standard InChI is InChI=1S/C30H48O6/c1-19(7-5-8-27(33)35-4)23-11-12-24-21-10-9-20-17-26(32)22(18-36-16-6-15-31)28(34)30(20,3)25(21)13-14-29(23,24)2/h9-10,19,22-26,28,31-32,34H,5-8,11-18H2,1-4H3/t19-,22-,23-,24?,25?,26-,28+,29?,30+/m1/s1. The largest absolute Gasteiger partial charge is 0.469 e. The molecule has 0 aromatic carbocycles. The lowest BCUT2D eigenvalue weighted by Gasteiger charge is -2.58. The van der Waals surface area contributed by atoms with E-state index >= 15 is 0 Å². The second-order valence-electron chi connectivity index (χ2n) is 12.5. The van der Waals surface area contributed by atoms with E-state index in [-0.39, 0.29) is 29.3 Å². The van der Waals surface area contributed by atoms with E-state index in [0.717, 1.165) is 25.7 Å². The molecule has 3 unspecified atom stereocenters. The van der Waals surface area contributed by atoms with Crippen molar-refractivity contribution in [3.63, 3.8) is 0 Å². The van der Waals surface area contributed by atoms with E-state index in [4.69, 9.17) is 14.6 Å². The first kappa shape index (κ1) is 27.8. The Bertz CT molecular complexity index is 850. The van der Waals surface area contributed by atoms with Crippen LogP contribution in [0.4, 0.5) is 0 Å². The van der Waals surface area contributed by atoms with Gasteiger partial charge in [-0.15, -0.1) is 0 Å². The van der Waals surface area contributed by atoms with Gasteiger partial charge in [-0.3, -0.25) is 4.79 Å². The lowest BCUT2D eigenvalue weighted by atomic mass is 9.48. The Morgan fingerprint density at radius 2 is 1.92 bits per heavy atom. The van der Waals surface area contributed by atoms with Crippen molar-refractivity contribution in [3.05, 3.63) is 23.3 Å². The van der Waals surface area contributed by atoms with Gasteiger partial charge in [-0.2, -0.15) is 0 Å². The minimum absolute atomic E-state index is 0.0850. The van der Waals surface area contributed by atoms with Crippen molar-refractivity contribution in [1.82, 2.24) is 0 Å². The van der Waals surface area contributed by atoms with Crippen LogP contribution in [0.3, 0.4) is 0 Å². The maximum Gasteiger partial charge on any atom is 0.305 e. The fourth-order valence-corrected chi connectivity index (χ4v) is 8.62. The molecule has 3 N–H and O–H groups in total. The van der Waals surface area contributed by atoms with Crippen LogP contribution >= 0.6 is 0 Å². The van der Waals surface area contributed by atoms with E-state index in [1.54, 1.807) is 0 Å². The molecule has 204 valence electrons. The molecule has 0 radical (unpaired) electrons. The average Bonchev–Trinajstić information content (AvgIpc) is 3.21. The van der Waals surface area contributed by atoms with Crippen molar-refractivity contribution < 1.29 is 29.6 Å². The molecular formula is C30H48O6. The number of hydrogen-bond acceptors (Lipinski definition) is 6. The number of aliphatic hydroxyl groups is 3. The Hall–Kier alpha value is -1.21. The molecule has 3 saturated carbocycles. The van der Waals surface area contributed by atoms with Crippen LogP contribution in [-0.2, 0) is 14.3 Å². The van der Waals surface area contributed by atoms with Gasteiger partial charge in [0.05, 0.1) is 25.9 Å². The molecule has 4 rings (SSSR count). The fraction of sp³-hybridized carbons (Fsp3) is 0.833. The monoisotopic (exact) mass is 504 g/mol. The highest BCUT2D eigenvalue weighted by atomic mass is 16.5. The predicted molar refractivity (Wildman–Crippen MR) is 139 cm³/mol. The molecule has 0 aromatic heterocycles. The van der Waals surface area contributed by atoms with Gasteiger partial charge in [-0.05, 0) is 80.5 Å². The van der Waals surface area contributed by atoms with Crippen LogP contribution in [-0.4, -0.2) is 60.4 Å². The number of allylic oxidation sites excluding steroid dienone is 3. The van der Waals surface area contributed by atoms with Crippen molar-refractivity contribution in [2.24, 2.45) is 40.4 Å². The Labute approximate surface area is 217 Å². The molecule has 9 atom stereocenters. The van der Waals surface area contributed by atoms with Gasteiger partial charge < -0.3 is 24.8 Å². The summed E-state index contributed by atoms with van der Waals surface area (Å²) in [5.74, 6) is 1.61. The number of esters is 1. The van der Waals surface area contributed by atoms with Crippen molar-refractivity contribution in [3.8, 4) is 0 Å². The topological polar surface area (TPSA) is 96.2 Å². The molecule has 0 aromatic rings. The lowest BCUT2D eigenvalue weighted by molar-refractivity contribution is -0.140. The molecular weight excluding hydrogens is 456 g/mol. The summed E-state index contributed by atoms with van der Waals surface area (Å²) < 4.78 is 10.6. The van der Waals surface area contributed by atoms with Crippen LogP contribution < -0.4 is 0 Å². The third kappa shape index (κ3) is 4.83. The molecule has 4 aliphatic rings. The van der Waals surface area contributed by atoms with Crippen molar-refractivity contribution >= 4 is 5.97 Å². The van der Waals surface area contributed by atoms with Gasteiger partial charge in [0.2, 0.25) is 0 Å². The van der Waals surface area contributed by atoms with Gasteiger partial charge in [0, 0.05) is 31.0 Å². The first-order valence-corrected chi connectivity index (χ1v) is 14.2. The highest BCUT2D eigenvalue weighted by molar-refractivity contribution is 5.68. The number of ether oxygens (including phenoxy) is 2. The summed E-state index contributed by atoms with van der Waals surface area (Å²) in [5.41, 5.74) is 2.56. The van der Waals surface area contributed by atoms with Crippen molar-refractivity contribution in [1.29, 1.82) is 0 Å². The van der Waals surface area contributed by atoms with Gasteiger partial charge in [0.15, 0.2) is 0 Å². The molecule has 4 aliphatic carbocycles. The Balaban J connectivity index is 1.50. The molecule has 6 heteroatoms. The van der Waals surface area contributed by atoms with E-state index in [0.29, 0.717) is 56.1 Å². The number of aliphatic hydroxyl groups excluding tert-OH is 3. The molecule has 0 bridgehead atoms. The number of carbonyl (C=O) groups excluding carboxylic acids is 1. The molecule has 3 fully saturated rings. The van der Waals surface area contributed by atoms with Crippen molar-refractivity contribution in [2.45, 2.75) is 90.8 Å². The molecule has 0 aliphatic heterocycles. The third-order valence-corrected chi connectivity index (χ3v) is 10.7. The lowest BCUT2D eigenvalue weighted by Crippen LogP contribution is -2.57. The van der Waals surface area contributed by atoms with Gasteiger partial charge >= 0.3 is 5.97 Å². The van der Waals surface area contributed by atoms with E-state index in [2.05, 4.69) is 32.9 Å². The first-order valence-electron chi connectivity index (χ1n) is 14.2. The SMILES string of the molecule is COC(=O)CCC[C@@H](C)[C@H]1CCC2C3=CC=C4C[C@@H](O)[C@@H](COCCCO)[C@H](O)[C@]4(C)C3CCC21C. The summed E-state index contributed by atoms with van der Waals surface area (Å²) in [7, 11) is 1.46. The summed E-state index contributed by atoms with van der Waals surface area (Å²) in [5, 5.41) is 31.6. The second-order valence-corrected chi connectivity index (χ2v) is 12.5. The van der Waals surface area contributed by atoms with Crippen LogP contribution in [0.2, 0.25) is 0 Å². The minimum Gasteiger partial charge on any atom is -0.469 e. The molecule has 0 heterocycles. The van der Waals surface area contributed by atoms with Gasteiger partial charge in [-0.1, -0.05) is 44.1 Å². The molecule has 0 spiro atoms. The number of rotatable bonds is 10. The zero-order valence-corrected chi connectivity index (χ0v) is 22.7. The number of hydrogen-bond donors (Lipinski definition) is 3. The molecule has 6 nitrogen and oxygen atoms in total. The van der Waals surface area contributed by atoms with Crippen molar-refractivity contribution in [2.75, 3.05) is 26.9 Å². The summed E-state index contributed by atoms with van der Waals surface area (Å²) in [6.45, 7) is 7.93. The zero-order valence-electron chi connectivity index (χ0n) is 22.7. The van der Waals surface area contributed by atoms with Crippen LogP contribution in [0.15, 0.2) is 23.3 Å². The fourth-order valence-electron chi connectivity index (χ4n) is 8.62. The van der Waals surface area contributed by atoms with Crippen LogP contribution in [0, 0.1) is 40.4 Å². The smallest absolute Gasteiger partial charge is 0.305 e. The Kier molecular flexibility index (Phi) is 8.70. The highest BCUT2D eigenvalue weighted by Crippen LogP contribution is 2.66. The molecule has 0 amide bonds. The van der Waals surface area contributed by atoms with Crippen LogP contribution in [0.5, 0.6) is 0 Å². The summed E-state index contributed by atoms with van der Waals surface area (Å²) in [4.78, 5) is 11.6. The van der Waals surface area contributed by atoms with Gasteiger partial charge in [0.1, 0.15) is 0 Å². The summed E-state index contributed by atoms with van der Waals surface area (Å²) in [6, 6.07) is 0. The second kappa shape index (κ2) is 11.3. The Morgan fingerprint density at radius 1 is 1.14 bits per heavy atom. The summed E-state index contributed by atoms with van der Waals surface area (Å²) >= 11 is 0. The quantitative estimate of drug-likeness (QED) is 0.301. The predicted octanol–water partition coefficient (Wildman–Crippen LogP) is 4.42. The van der Waals surface area contributed by atoms with E-state index in [9.17, 15) is 15.0 Å². The van der Waals surface area contributed by atoms with Gasteiger partial charge in [-0.25, -0.2) is 0 Å². The molecule has 0 saturated heterocycles. The van der Waals surface area contributed by atoms with Gasteiger partial charge in [0.25, 0.3) is 0 Å². The average molecular weight is 505 g/mol. The number of carbonyl (C=O) groups is 1. The Morgan fingerprint density at radius 3 is 2.64 bits per heavy atom. The number of fused-ring (bicyclic) bond motifs is 5.